The first kappa shape index (κ1) is 11.6. The van der Waals surface area contributed by atoms with Crippen molar-refractivity contribution in [2.24, 2.45) is 5.92 Å². The maximum absolute atomic E-state index is 4.32. The highest BCUT2D eigenvalue weighted by Gasteiger charge is 2.33. The lowest BCUT2D eigenvalue weighted by Gasteiger charge is -2.34. The van der Waals surface area contributed by atoms with Crippen LogP contribution in [0.4, 0.5) is 0 Å². The number of rotatable bonds is 3. The van der Waals surface area contributed by atoms with Crippen LogP contribution in [-0.2, 0) is 12.1 Å². The number of hydrogen-bond acceptors (Lipinski definition) is 3. The van der Waals surface area contributed by atoms with Crippen LogP contribution in [-0.4, -0.2) is 21.3 Å². The van der Waals surface area contributed by atoms with E-state index >= 15 is 0 Å². The summed E-state index contributed by atoms with van der Waals surface area (Å²) in [6.45, 7) is 8.78. The molecule has 0 spiro atoms. The van der Waals surface area contributed by atoms with Crippen molar-refractivity contribution in [2.75, 3.05) is 6.54 Å². The Hall–Kier alpha value is -0.900. The van der Waals surface area contributed by atoms with Crippen molar-refractivity contribution in [3.05, 3.63) is 12.2 Å². The topological polar surface area (TPSA) is 42.7 Å². The molecule has 4 nitrogen and oxygen atoms in total. The van der Waals surface area contributed by atoms with Gasteiger partial charge in [-0.15, -0.1) is 10.2 Å². The van der Waals surface area contributed by atoms with E-state index in [2.05, 4.69) is 40.9 Å². The maximum Gasteiger partial charge on any atom is 0.152 e. The third kappa shape index (κ3) is 2.26. The van der Waals surface area contributed by atoms with Crippen molar-refractivity contribution in [2.45, 2.75) is 52.1 Å². The molecule has 1 aliphatic heterocycles. The van der Waals surface area contributed by atoms with Crippen LogP contribution in [0, 0.1) is 5.92 Å². The Morgan fingerprint density at radius 1 is 1.50 bits per heavy atom. The molecular formula is C12H22N4. The highest BCUT2D eigenvalue weighted by molar-refractivity contribution is 5.06. The van der Waals surface area contributed by atoms with Gasteiger partial charge < -0.3 is 9.88 Å². The Bertz CT molecular complexity index is 337. The Labute approximate surface area is 97.5 Å². The second kappa shape index (κ2) is 4.53. The molecule has 1 atom stereocenters. The highest BCUT2D eigenvalue weighted by atomic mass is 15.3. The van der Waals surface area contributed by atoms with Crippen molar-refractivity contribution in [3.63, 3.8) is 0 Å². The Morgan fingerprint density at radius 3 is 2.94 bits per heavy atom. The van der Waals surface area contributed by atoms with Gasteiger partial charge in [-0.2, -0.15) is 0 Å². The molecule has 16 heavy (non-hydrogen) atoms. The van der Waals surface area contributed by atoms with Gasteiger partial charge in [0.1, 0.15) is 6.33 Å². The molecule has 0 saturated carbocycles. The van der Waals surface area contributed by atoms with Gasteiger partial charge in [0.2, 0.25) is 0 Å². The van der Waals surface area contributed by atoms with Crippen LogP contribution < -0.4 is 5.32 Å². The van der Waals surface area contributed by atoms with Crippen molar-refractivity contribution >= 4 is 0 Å². The summed E-state index contributed by atoms with van der Waals surface area (Å²) in [5, 5.41) is 12.0. The normalized spacial score (nSPS) is 26.2. The zero-order valence-corrected chi connectivity index (χ0v) is 10.5. The molecule has 1 aromatic rings. The largest absolute Gasteiger partial charge is 0.316 e. The SMILES string of the molecule is CC(C)Cn1cnnc1C1(C)CCCCN1. The predicted molar refractivity (Wildman–Crippen MR) is 64.1 cm³/mol. The molecule has 1 N–H and O–H groups in total. The number of aromatic nitrogens is 3. The van der Waals surface area contributed by atoms with Gasteiger partial charge in [-0.3, -0.25) is 0 Å². The summed E-state index contributed by atoms with van der Waals surface area (Å²) in [5.74, 6) is 1.72. The van der Waals surface area contributed by atoms with E-state index in [1.165, 1.54) is 12.8 Å². The zero-order chi connectivity index (χ0) is 11.6. The van der Waals surface area contributed by atoms with Crippen LogP contribution in [0.2, 0.25) is 0 Å². The first-order chi connectivity index (χ1) is 7.62. The van der Waals surface area contributed by atoms with Gasteiger partial charge in [0.15, 0.2) is 5.82 Å². The summed E-state index contributed by atoms with van der Waals surface area (Å²) in [5.41, 5.74) is 0.0175. The standard InChI is InChI=1S/C12H22N4/c1-10(2)8-16-9-14-15-11(16)12(3)6-4-5-7-13-12/h9-10,13H,4-8H2,1-3H3. The molecule has 0 amide bonds. The molecule has 0 aliphatic carbocycles. The minimum atomic E-state index is 0.0175. The van der Waals surface area contributed by atoms with E-state index in [9.17, 15) is 0 Å². The van der Waals surface area contributed by atoms with E-state index in [4.69, 9.17) is 0 Å². The minimum absolute atomic E-state index is 0.0175. The fraction of sp³-hybridized carbons (Fsp3) is 0.833. The van der Waals surface area contributed by atoms with Crippen LogP contribution in [0.25, 0.3) is 0 Å². The summed E-state index contributed by atoms with van der Waals surface area (Å²) in [6.07, 6.45) is 5.56. The molecule has 1 fully saturated rings. The summed E-state index contributed by atoms with van der Waals surface area (Å²) in [4.78, 5) is 0. The van der Waals surface area contributed by atoms with Gasteiger partial charge in [-0.1, -0.05) is 13.8 Å². The van der Waals surface area contributed by atoms with Crippen molar-refractivity contribution < 1.29 is 0 Å². The summed E-state index contributed by atoms with van der Waals surface area (Å²) >= 11 is 0. The molecule has 90 valence electrons. The number of nitrogens with one attached hydrogen (secondary N) is 1. The number of piperidine rings is 1. The molecule has 1 aromatic heterocycles. The van der Waals surface area contributed by atoms with Crippen LogP contribution in [0.1, 0.15) is 45.9 Å². The third-order valence-electron chi connectivity index (χ3n) is 3.29. The quantitative estimate of drug-likeness (QED) is 0.849. The van der Waals surface area contributed by atoms with Crippen LogP contribution >= 0.6 is 0 Å². The zero-order valence-electron chi connectivity index (χ0n) is 10.5. The lowest BCUT2D eigenvalue weighted by molar-refractivity contribution is 0.256. The second-order valence-electron chi connectivity index (χ2n) is 5.42. The van der Waals surface area contributed by atoms with Crippen LogP contribution in [0.15, 0.2) is 6.33 Å². The Kier molecular flexibility index (Phi) is 3.28. The summed E-state index contributed by atoms with van der Waals surface area (Å²) < 4.78 is 2.20. The van der Waals surface area contributed by atoms with E-state index in [1.807, 2.05) is 6.33 Å². The van der Waals surface area contributed by atoms with Gasteiger partial charge in [0, 0.05) is 6.54 Å². The average Bonchev–Trinajstić information content (AvgIpc) is 2.66. The molecule has 4 heteroatoms. The smallest absolute Gasteiger partial charge is 0.152 e. The molecular weight excluding hydrogens is 200 g/mol. The molecule has 2 rings (SSSR count). The van der Waals surface area contributed by atoms with Crippen molar-refractivity contribution in [3.8, 4) is 0 Å². The van der Waals surface area contributed by atoms with E-state index in [0.717, 1.165) is 25.3 Å². The summed E-state index contributed by atoms with van der Waals surface area (Å²) in [7, 11) is 0. The average molecular weight is 222 g/mol. The van der Waals surface area contributed by atoms with Gasteiger partial charge in [0.05, 0.1) is 5.54 Å². The van der Waals surface area contributed by atoms with Gasteiger partial charge in [-0.05, 0) is 38.6 Å². The first-order valence-corrected chi connectivity index (χ1v) is 6.25. The van der Waals surface area contributed by atoms with E-state index in [-0.39, 0.29) is 5.54 Å². The van der Waals surface area contributed by atoms with Gasteiger partial charge >= 0.3 is 0 Å². The third-order valence-corrected chi connectivity index (χ3v) is 3.29. The molecule has 0 aromatic carbocycles. The predicted octanol–water partition coefficient (Wildman–Crippen LogP) is 1.92. The van der Waals surface area contributed by atoms with Crippen molar-refractivity contribution in [1.29, 1.82) is 0 Å². The second-order valence-corrected chi connectivity index (χ2v) is 5.42. The van der Waals surface area contributed by atoms with Crippen LogP contribution in [0.5, 0.6) is 0 Å². The lowest BCUT2D eigenvalue weighted by atomic mass is 9.90. The molecule has 0 radical (unpaired) electrons. The molecule has 1 aliphatic rings. The monoisotopic (exact) mass is 222 g/mol. The lowest BCUT2D eigenvalue weighted by Crippen LogP contribution is -2.45. The molecule has 1 saturated heterocycles. The highest BCUT2D eigenvalue weighted by Crippen LogP contribution is 2.28. The fourth-order valence-corrected chi connectivity index (χ4v) is 2.46. The maximum atomic E-state index is 4.32. The van der Waals surface area contributed by atoms with E-state index in [0.29, 0.717) is 5.92 Å². The van der Waals surface area contributed by atoms with E-state index in [1.54, 1.807) is 0 Å². The minimum Gasteiger partial charge on any atom is -0.316 e. The molecule has 2 heterocycles. The number of nitrogens with zero attached hydrogens (tertiary/aromatic N) is 3. The van der Waals surface area contributed by atoms with Gasteiger partial charge in [0.25, 0.3) is 0 Å². The fourth-order valence-electron chi connectivity index (χ4n) is 2.46. The first-order valence-electron chi connectivity index (χ1n) is 6.25. The molecule has 1 unspecified atom stereocenters. The van der Waals surface area contributed by atoms with Crippen LogP contribution in [0.3, 0.4) is 0 Å². The van der Waals surface area contributed by atoms with Crippen molar-refractivity contribution in [1.82, 2.24) is 20.1 Å². The Morgan fingerprint density at radius 2 is 2.31 bits per heavy atom. The number of hydrogen-bond donors (Lipinski definition) is 1. The summed E-state index contributed by atoms with van der Waals surface area (Å²) in [6, 6.07) is 0. The molecule has 0 bridgehead atoms. The van der Waals surface area contributed by atoms with E-state index < -0.39 is 0 Å². The van der Waals surface area contributed by atoms with Gasteiger partial charge in [-0.25, -0.2) is 0 Å². The Balaban J connectivity index is 2.21.